The summed E-state index contributed by atoms with van der Waals surface area (Å²) in [6.07, 6.45) is 3.31. The lowest BCUT2D eigenvalue weighted by Crippen LogP contribution is -2.41. The molecule has 4 heteroatoms. The molecule has 0 saturated heterocycles. The number of rotatable bonds is 8. The minimum Gasteiger partial charge on any atom is -0.326 e. The average Bonchev–Trinajstić information content (AvgIpc) is 2.76. The first kappa shape index (κ1) is 16.0. The lowest BCUT2D eigenvalue weighted by atomic mass is 10.0. The SMILES string of the molecule is CCCN(CCC)C(c1ccc(Cl)s1)C(N)CC. The highest BCUT2D eigenvalue weighted by Gasteiger charge is 2.26. The van der Waals surface area contributed by atoms with Crippen molar-refractivity contribution < 1.29 is 0 Å². The number of thiophene rings is 1. The molecule has 0 bridgehead atoms. The van der Waals surface area contributed by atoms with E-state index in [4.69, 9.17) is 17.3 Å². The van der Waals surface area contributed by atoms with Crippen LogP contribution in [0.5, 0.6) is 0 Å². The van der Waals surface area contributed by atoms with Gasteiger partial charge in [0, 0.05) is 10.9 Å². The molecule has 18 heavy (non-hydrogen) atoms. The highest BCUT2D eigenvalue weighted by atomic mass is 35.5. The molecule has 2 nitrogen and oxygen atoms in total. The minimum atomic E-state index is 0.179. The van der Waals surface area contributed by atoms with Crippen LogP contribution < -0.4 is 5.73 Å². The summed E-state index contributed by atoms with van der Waals surface area (Å²) in [5, 5.41) is 0. The van der Waals surface area contributed by atoms with Crippen molar-refractivity contribution in [1.29, 1.82) is 0 Å². The van der Waals surface area contributed by atoms with E-state index in [1.807, 2.05) is 6.07 Å². The van der Waals surface area contributed by atoms with Gasteiger partial charge in [-0.1, -0.05) is 32.4 Å². The van der Waals surface area contributed by atoms with Crippen LogP contribution in [0, 0.1) is 0 Å². The first-order chi connectivity index (χ1) is 8.63. The molecule has 1 aromatic rings. The van der Waals surface area contributed by atoms with Gasteiger partial charge in [0.2, 0.25) is 0 Å². The van der Waals surface area contributed by atoms with E-state index in [1.165, 1.54) is 4.88 Å². The summed E-state index contributed by atoms with van der Waals surface area (Å²) in [5.74, 6) is 0. The molecule has 0 fully saturated rings. The van der Waals surface area contributed by atoms with Gasteiger partial charge >= 0.3 is 0 Å². The average molecular weight is 289 g/mol. The molecule has 0 aromatic carbocycles. The Kier molecular flexibility index (Phi) is 7.23. The predicted octanol–water partition coefficient (Wildman–Crippen LogP) is 4.30. The van der Waals surface area contributed by atoms with Crippen molar-refractivity contribution in [2.75, 3.05) is 13.1 Å². The summed E-state index contributed by atoms with van der Waals surface area (Å²) in [5.41, 5.74) is 6.34. The standard InChI is InChI=1S/C14H25ClN2S/c1-4-9-17(10-5-2)14(11(16)6-3)12-7-8-13(15)18-12/h7-8,11,14H,4-6,9-10,16H2,1-3H3. The minimum absolute atomic E-state index is 0.179. The molecule has 2 atom stereocenters. The molecule has 1 heterocycles. The monoisotopic (exact) mass is 288 g/mol. The van der Waals surface area contributed by atoms with Crippen LogP contribution in [0.3, 0.4) is 0 Å². The molecule has 0 spiro atoms. The fraction of sp³-hybridized carbons (Fsp3) is 0.714. The summed E-state index contributed by atoms with van der Waals surface area (Å²) in [6.45, 7) is 8.80. The normalized spacial score (nSPS) is 15.0. The molecule has 0 aliphatic carbocycles. The van der Waals surface area contributed by atoms with Gasteiger partial charge in [-0.25, -0.2) is 0 Å². The van der Waals surface area contributed by atoms with Gasteiger partial charge in [0.25, 0.3) is 0 Å². The van der Waals surface area contributed by atoms with E-state index >= 15 is 0 Å². The highest BCUT2D eigenvalue weighted by Crippen LogP contribution is 2.33. The van der Waals surface area contributed by atoms with Crippen molar-refractivity contribution in [3.8, 4) is 0 Å². The van der Waals surface area contributed by atoms with E-state index in [0.29, 0.717) is 6.04 Å². The Morgan fingerprint density at radius 1 is 1.22 bits per heavy atom. The van der Waals surface area contributed by atoms with Gasteiger partial charge in [-0.3, -0.25) is 4.90 Å². The van der Waals surface area contributed by atoms with Crippen LogP contribution in [0.1, 0.15) is 51.0 Å². The second-order valence-corrected chi connectivity index (χ2v) is 6.44. The number of nitrogens with two attached hydrogens (primary N) is 1. The van der Waals surface area contributed by atoms with Crippen molar-refractivity contribution >= 4 is 22.9 Å². The number of hydrogen-bond acceptors (Lipinski definition) is 3. The third-order valence-corrected chi connectivity index (χ3v) is 4.48. The van der Waals surface area contributed by atoms with Crippen LogP contribution in [0.2, 0.25) is 4.34 Å². The van der Waals surface area contributed by atoms with E-state index in [1.54, 1.807) is 11.3 Å². The van der Waals surface area contributed by atoms with E-state index in [0.717, 1.165) is 36.7 Å². The second-order valence-electron chi connectivity index (χ2n) is 4.69. The molecule has 0 amide bonds. The Bertz CT molecular complexity index is 334. The molecule has 2 unspecified atom stereocenters. The molecule has 0 aliphatic rings. The molecule has 0 aliphatic heterocycles. The topological polar surface area (TPSA) is 29.3 Å². The Balaban J connectivity index is 2.94. The van der Waals surface area contributed by atoms with Crippen LogP contribution in [-0.2, 0) is 0 Å². The van der Waals surface area contributed by atoms with Gasteiger partial charge in [0.15, 0.2) is 0 Å². The molecule has 2 N–H and O–H groups in total. The second kappa shape index (κ2) is 8.16. The van der Waals surface area contributed by atoms with Crippen LogP contribution in [0.15, 0.2) is 12.1 Å². The van der Waals surface area contributed by atoms with Crippen LogP contribution in [-0.4, -0.2) is 24.0 Å². The smallest absolute Gasteiger partial charge is 0.0931 e. The summed E-state index contributed by atoms with van der Waals surface area (Å²) in [4.78, 5) is 3.81. The predicted molar refractivity (Wildman–Crippen MR) is 82.5 cm³/mol. The quantitative estimate of drug-likeness (QED) is 0.773. The largest absolute Gasteiger partial charge is 0.326 e. The first-order valence-corrected chi connectivity index (χ1v) is 8.08. The molecular formula is C14H25ClN2S. The lowest BCUT2D eigenvalue weighted by molar-refractivity contribution is 0.172. The molecule has 1 aromatic heterocycles. The Labute approximate surface area is 120 Å². The van der Waals surface area contributed by atoms with E-state index in [2.05, 4.69) is 31.7 Å². The maximum atomic E-state index is 6.34. The summed E-state index contributed by atoms with van der Waals surface area (Å²) in [7, 11) is 0. The van der Waals surface area contributed by atoms with E-state index in [9.17, 15) is 0 Å². The van der Waals surface area contributed by atoms with Gasteiger partial charge in [-0.05, 0) is 44.5 Å². The molecular weight excluding hydrogens is 264 g/mol. The van der Waals surface area contributed by atoms with Crippen molar-refractivity contribution in [2.24, 2.45) is 5.73 Å². The number of halogens is 1. The lowest BCUT2D eigenvalue weighted by Gasteiger charge is -2.34. The molecule has 0 saturated carbocycles. The van der Waals surface area contributed by atoms with Gasteiger partial charge in [0.1, 0.15) is 0 Å². The van der Waals surface area contributed by atoms with Crippen LogP contribution in [0.25, 0.3) is 0 Å². The summed E-state index contributed by atoms with van der Waals surface area (Å²) >= 11 is 7.73. The zero-order chi connectivity index (χ0) is 13.5. The van der Waals surface area contributed by atoms with Crippen LogP contribution >= 0.6 is 22.9 Å². The van der Waals surface area contributed by atoms with E-state index in [-0.39, 0.29) is 6.04 Å². The Hall–Kier alpha value is -0.0900. The first-order valence-electron chi connectivity index (χ1n) is 6.88. The number of hydrogen-bond donors (Lipinski definition) is 1. The van der Waals surface area contributed by atoms with Gasteiger partial charge in [-0.2, -0.15) is 0 Å². The Morgan fingerprint density at radius 3 is 2.22 bits per heavy atom. The summed E-state index contributed by atoms with van der Waals surface area (Å²) < 4.78 is 0.853. The fourth-order valence-electron chi connectivity index (χ4n) is 2.34. The molecule has 104 valence electrons. The zero-order valence-electron chi connectivity index (χ0n) is 11.7. The van der Waals surface area contributed by atoms with E-state index < -0.39 is 0 Å². The van der Waals surface area contributed by atoms with Crippen LogP contribution in [0.4, 0.5) is 0 Å². The Morgan fingerprint density at radius 2 is 1.83 bits per heavy atom. The van der Waals surface area contributed by atoms with Gasteiger partial charge < -0.3 is 5.73 Å². The molecule has 0 radical (unpaired) electrons. The van der Waals surface area contributed by atoms with Gasteiger partial charge in [0.05, 0.1) is 10.4 Å². The highest BCUT2D eigenvalue weighted by molar-refractivity contribution is 7.16. The summed E-state index contributed by atoms with van der Waals surface area (Å²) in [6, 6.07) is 4.60. The van der Waals surface area contributed by atoms with Crippen molar-refractivity contribution in [3.05, 3.63) is 21.3 Å². The maximum absolute atomic E-state index is 6.34. The number of nitrogens with zero attached hydrogens (tertiary/aromatic N) is 1. The zero-order valence-corrected chi connectivity index (χ0v) is 13.2. The van der Waals surface area contributed by atoms with Crippen molar-refractivity contribution in [1.82, 2.24) is 4.90 Å². The van der Waals surface area contributed by atoms with Crippen molar-refractivity contribution in [2.45, 2.75) is 52.1 Å². The van der Waals surface area contributed by atoms with Crippen molar-refractivity contribution in [3.63, 3.8) is 0 Å². The maximum Gasteiger partial charge on any atom is 0.0931 e. The third-order valence-electron chi connectivity index (χ3n) is 3.18. The fourth-order valence-corrected chi connectivity index (χ4v) is 3.61. The molecule has 1 rings (SSSR count). The van der Waals surface area contributed by atoms with Gasteiger partial charge in [-0.15, -0.1) is 11.3 Å². The third kappa shape index (κ3) is 4.23.